The topological polar surface area (TPSA) is 123 Å². The second-order valence-corrected chi connectivity index (χ2v) is 8.92. The second kappa shape index (κ2) is 10.4. The highest BCUT2D eigenvalue weighted by molar-refractivity contribution is 8.16. The molecule has 3 aliphatic heterocycles. The number of amidine groups is 1. The van der Waals surface area contributed by atoms with Gasteiger partial charge in [-0.2, -0.15) is 0 Å². The first-order valence-electron chi connectivity index (χ1n) is 11.1. The van der Waals surface area contributed by atoms with Crippen molar-refractivity contribution in [3.05, 3.63) is 62.3 Å². The highest BCUT2D eigenvalue weighted by atomic mass is 32.2. The van der Waals surface area contributed by atoms with E-state index < -0.39 is 16.9 Å². The molecule has 3 aliphatic rings. The summed E-state index contributed by atoms with van der Waals surface area (Å²) in [6.45, 7) is 4.76. The van der Waals surface area contributed by atoms with Crippen molar-refractivity contribution in [2.24, 2.45) is 4.99 Å². The van der Waals surface area contributed by atoms with Gasteiger partial charge >= 0.3 is 5.97 Å². The normalized spacial score (nSPS) is 21.6. The van der Waals surface area contributed by atoms with E-state index in [0.29, 0.717) is 40.8 Å². The third kappa shape index (κ3) is 5.00. The molecule has 1 fully saturated rings. The maximum absolute atomic E-state index is 12.9. The second-order valence-electron chi connectivity index (χ2n) is 8.08. The minimum Gasteiger partial charge on any atom is -0.463 e. The van der Waals surface area contributed by atoms with Gasteiger partial charge in [-0.1, -0.05) is 23.9 Å². The van der Waals surface area contributed by atoms with Crippen LogP contribution in [0.3, 0.4) is 0 Å². The van der Waals surface area contributed by atoms with Crippen LogP contribution >= 0.6 is 11.8 Å². The van der Waals surface area contributed by atoms with Gasteiger partial charge in [0.05, 0.1) is 41.4 Å². The van der Waals surface area contributed by atoms with E-state index in [2.05, 4.69) is 10.3 Å². The number of non-ortho nitro benzene ring substituents is 1. The summed E-state index contributed by atoms with van der Waals surface area (Å²) in [4.78, 5) is 43.0. The van der Waals surface area contributed by atoms with Crippen LogP contribution in [0.25, 0.3) is 0 Å². The van der Waals surface area contributed by atoms with Gasteiger partial charge in [0.2, 0.25) is 5.91 Å². The molecule has 34 heavy (non-hydrogen) atoms. The van der Waals surface area contributed by atoms with Gasteiger partial charge in [0.25, 0.3) is 5.69 Å². The zero-order valence-electron chi connectivity index (χ0n) is 19.0. The van der Waals surface area contributed by atoms with Crippen molar-refractivity contribution in [3.8, 4) is 0 Å². The molecular formula is C23H26N4O6S. The summed E-state index contributed by atoms with van der Waals surface area (Å²) >= 11 is 1.35. The standard InChI is InChI=1S/C23H26N4O6S/c1-3-32-22(29)20-14(2)25-23-26(21(20)15-6-4-7-16(10-15)27(30)31)17(13-34-23)11-19(28)24-12-18-8-5-9-33-18/h4,6-7,10,13,18,21H,3,5,8-9,11-12H2,1-2H3,(H,24,28)/t18-,21-/m0/s1. The first-order chi connectivity index (χ1) is 16.4. The van der Waals surface area contributed by atoms with Gasteiger partial charge in [-0.25, -0.2) is 9.79 Å². The van der Waals surface area contributed by atoms with Crippen LogP contribution in [0.5, 0.6) is 0 Å². The largest absolute Gasteiger partial charge is 0.463 e. The molecule has 0 bridgehead atoms. The highest BCUT2D eigenvalue weighted by Gasteiger charge is 2.41. The van der Waals surface area contributed by atoms with E-state index in [4.69, 9.17) is 9.47 Å². The molecule has 1 amide bonds. The Morgan fingerprint density at radius 3 is 2.94 bits per heavy atom. The molecule has 1 saturated heterocycles. The molecule has 0 radical (unpaired) electrons. The number of hydrogen-bond acceptors (Lipinski definition) is 9. The lowest BCUT2D eigenvalue weighted by Gasteiger charge is -2.36. The van der Waals surface area contributed by atoms with E-state index >= 15 is 0 Å². The van der Waals surface area contributed by atoms with Gasteiger partial charge in [-0.15, -0.1) is 0 Å². The van der Waals surface area contributed by atoms with E-state index in [1.807, 2.05) is 5.41 Å². The lowest BCUT2D eigenvalue weighted by molar-refractivity contribution is -0.384. The first kappa shape index (κ1) is 24.0. The number of esters is 1. The SMILES string of the molecule is CCOC(=O)C1=C(C)N=C2SC=C(CC(=O)NC[C@@H]3CCCO3)N2[C@H]1c1cccc([N+](=O)[O-])c1. The van der Waals surface area contributed by atoms with Crippen LogP contribution in [-0.4, -0.2) is 52.7 Å². The highest BCUT2D eigenvalue weighted by Crippen LogP contribution is 2.45. The summed E-state index contributed by atoms with van der Waals surface area (Å²) in [5, 5.41) is 16.8. The Balaban J connectivity index is 1.64. The fourth-order valence-electron chi connectivity index (χ4n) is 4.22. The van der Waals surface area contributed by atoms with Crippen molar-refractivity contribution in [2.75, 3.05) is 19.8 Å². The Labute approximate surface area is 201 Å². The zero-order valence-corrected chi connectivity index (χ0v) is 19.8. The molecule has 3 heterocycles. The number of thioether (sulfide) groups is 1. The van der Waals surface area contributed by atoms with Gasteiger partial charge in [0, 0.05) is 31.0 Å². The molecule has 1 aromatic rings. The van der Waals surface area contributed by atoms with Crippen LogP contribution in [0, 0.1) is 10.1 Å². The molecule has 10 nitrogen and oxygen atoms in total. The molecular weight excluding hydrogens is 460 g/mol. The van der Waals surface area contributed by atoms with Crippen LogP contribution < -0.4 is 5.32 Å². The van der Waals surface area contributed by atoms with E-state index in [0.717, 1.165) is 12.8 Å². The molecule has 0 spiro atoms. The Morgan fingerprint density at radius 1 is 1.41 bits per heavy atom. The number of carbonyl (C=O) groups is 2. The average molecular weight is 487 g/mol. The number of amides is 1. The molecule has 0 aliphatic carbocycles. The monoisotopic (exact) mass is 486 g/mol. The Kier molecular flexibility index (Phi) is 7.32. The minimum atomic E-state index is -0.710. The van der Waals surface area contributed by atoms with E-state index in [1.54, 1.807) is 30.9 Å². The maximum Gasteiger partial charge on any atom is 0.338 e. The number of hydrogen-bond donors (Lipinski definition) is 1. The number of rotatable bonds is 8. The van der Waals surface area contributed by atoms with Gasteiger partial charge < -0.3 is 19.7 Å². The van der Waals surface area contributed by atoms with Crippen molar-refractivity contribution in [1.82, 2.24) is 10.2 Å². The molecule has 2 atom stereocenters. The summed E-state index contributed by atoms with van der Waals surface area (Å²) in [6.07, 6.45) is 2.01. The Morgan fingerprint density at radius 2 is 2.24 bits per heavy atom. The first-order valence-corrected chi connectivity index (χ1v) is 12.0. The van der Waals surface area contributed by atoms with Gasteiger partial charge in [0.1, 0.15) is 0 Å². The van der Waals surface area contributed by atoms with Crippen LogP contribution in [-0.2, 0) is 19.1 Å². The number of fused-ring (bicyclic) bond motifs is 1. The number of nitro groups is 1. The Hall–Kier alpha value is -3.18. The third-order valence-corrected chi connectivity index (χ3v) is 6.67. The lowest BCUT2D eigenvalue weighted by Crippen LogP contribution is -2.38. The number of nitro benzene ring substituents is 1. The summed E-state index contributed by atoms with van der Waals surface area (Å²) in [5.74, 6) is -0.719. The van der Waals surface area contributed by atoms with Crippen molar-refractivity contribution in [1.29, 1.82) is 0 Å². The fraction of sp³-hybridized carbons (Fsp3) is 0.435. The number of carbonyl (C=O) groups excluding carboxylic acids is 2. The van der Waals surface area contributed by atoms with Crippen LogP contribution in [0.1, 0.15) is 44.7 Å². The smallest absolute Gasteiger partial charge is 0.338 e. The van der Waals surface area contributed by atoms with Crippen molar-refractivity contribution in [2.45, 2.75) is 45.3 Å². The fourth-order valence-corrected chi connectivity index (χ4v) is 5.19. The molecule has 11 heteroatoms. The minimum absolute atomic E-state index is 0.0293. The number of allylic oxidation sites excluding steroid dienone is 1. The van der Waals surface area contributed by atoms with Crippen molar-refractivity contribution in [3.63, 3.8) is 0 Å². The summed E-state index contributed by atoms with van der Waals surface area (Å²) < 4.78 is 10.9. The molecule has 0 saturated carbocycles. The summed E-state index contributed by atoms with van der Waals surface area (Å²) in [6, 6.07) is 5.44. The van der Waals surface area contributed by atoms with E-state index in [1.165, 1.54) is 23.9 Å². The lowest BCUT2D eigenvalue weighted by atomic mass is 9.93. The molecule has 0 unspecified atom stereocenters. The van der Waals surface area contributed by atoms with Crippen molar-refractivity contribution < 1.29 is 24.0 Å². The van der Waals surface area contributed by atoms with E-state index in [-0.39, 0.29) is 30.7 Å². The van der Waals surface area contributed by atoms with Crippen LogP contribution in [0.2, 0.25) is 0 Å². The molecule has 1 aromatic carbocycles. The number of nitrogens with zero attached hydrogens (tertiary/aromatic N) is 3. The quantitative estimate of drug-likeness (QED) is 0.337. The number of nitrogens with one attached hydrogen (secondary N) is 1. The maximum atomic E-state index is 12.9. The van der Waals surface area contributed by atoms with Gasteiger partial charge in [-0.3, -0.25) is 14.9 Å². The molecule has 4 rings (SSSR count). The summed E-state index contributed by atoms with van der Waals surface area (Å²) in [5.41, 5.74) is 1.87. The number of benzene rings is 1. The zero-order chi connectivity index (χ0) is 24.2. The number of aliphatic imine (C=N–C) groups is 1. The summed E-state index contributed by atoms with van der Waals surface area (Å²) in [7, 11) is 0. The number of ether oxygens (including phenoxy) is 2. The molecule has 0 aromatic heterocycles. The van der Waals surface area contributed by atoms with Crippen LogP contribution in [0.15, 0.2) is 51.6 Å². The van der Waals surface area contributed by atoms with E-state index in [9.17, 15) is 19.7 Å². The van der Waals surface area contributed by atoms with Gasteiger partial charge in [-0.05, 0) is 37.7 Å². The average Bonchev–Trinajstić information content (AvgIpc) is 3.47. The molecule has 180 valence electrons. The molecule has 1 N–H and O–H groups in total. The van der Waals surface area contributed by atoms with Gasteiger partial charge in [0.15, 0.2) is 5.17 Å². The van der Waals surface area contributed by atoms with Crippen LogP contribution in [0.4, 0.5) is 5.69 Å². The van der Waals surface area contributed by atoms with Crippen molar-refractivity contribution >= 4 is 34.5 Å². The third-order valence-electron chi connectivity index (χ3n) is 5.79. The Bertz CT molecular complexity index is 1090. The predicted octanol–water partition coefficient (Wildman–Crippen LogP) is 3.42. The predicted molar refractivity (Wildman–Crippen MR) is 127 cm³/mol.